The van der Waals surface area contributed by atoms with Gasteiger partial charge in [-0.1, -0.05) is 76.2 Å². The molecule has 0 aromatic heterocycles. The molecule has 0 N–H and O–H groups in total. The van der Waals surface area contributed by atoms with Gasteiger partial charge in [-0.25, -0.2) is 0 Å². The van der Waals surface area contributed by atoms with Crippen LogP contribution in [0.25, 0.3) is 0 Å². The lowest BCUT2D eigenvalue weighted by molar-refractivity contribution is 0.710. The number of nitrogens with zero attached hydrogens (tertiary/aromatic N) is 1. The van der Waals surface area contributed by atoms with Crippen LogP contribution in [0.3, 0.4) is 0 Å². The lowest BCUT2D eigenvalue weighted by atomic mass is 10.0. The molecule has 0 atom stereocenters. The molecule has 1 heterocycles. The Morgan fingerprint density at radius 1 is 0.875 bits per heavy atom. The summed E-state index contributed by atoms with van der Waals surface area (Å²) in [5, 5.41) is 1.42. The highest BCUT2D eigenvalue weighted by Gasteiger charge is 2.20. The van der Waals surface area contributed by atoms with Crippen molar-refractivity contribution < 1.29 is 0 Å². The largest absolute Gasteiger partial charge is 0.370 e. The Hall–Kier alpha value is 0.0400. The minimum atomic E-state index is 0.197. The Morgan fingerprint density at radius 2 is 1.50 bits per heavy atom. The molecule has 0 aliphatic carbocycles. The standard InChI is InChI=1S/C17H14Cl5NS/c18-12-13(19)15(21)17(16(22)14(12)20)24-9-8-23-7-3-5-10-4-1-2-6-11(10)23/h1-2,4,6H,3,5,7-9H2. The quantitative estimate of drug-likeness (QED) is 0.274. The van der Waals surface area contributed by atoms with Crippen LogP contribution in [-0.4, -0.2) is 18.8 Å². The Kier molecular flexibility index (Phi) is 6.40. The van der Waals surface area contributed by atoms with Gasteiger partial charge in [-0.05, 0) is 24.5 Å². The number of para-hydroxylation sites is 1. The second-order valence-electron chi connectivity index (χ2n) is 5.47. The van der Waals surface area contributed by atoms with Crippen LogP contribution in [0.5, 0.6) is 0 Å². The van der Waals surface area contributed by atoms with Crippen LogP contribution in [0.4, 0.5) is 5.69 Å². The molecule has 0 saturated heterocycles. The Balaban J connectivity index is 1.72. The topological polar surface area (TPSA) is 3.24 Å². The van der Waals surface area contributed by atoms with E-state index in [9.17, 15) is 0 Å². The SMILES string of the molecule is Clc1c(Cl)c(Cl)c(SCCN2CCCc3ccccc32)c(Cl)c1Cl. The van der Waals surface area contributed by atoms with Crippen molar-refractivity contribution in [1.82, 2.24) is 0 Å². The summed E-state index contributed by atoms with van der Waals surface area (Å²) in [4.78, 5) is 3.08. The first-order valence-corrected chi connectivity index (χ1v) is 10.4. The second kappa shape index (κ2) is 8.16. The minimum Gasteiger partial charge on any atom is -0.370 e. The van der Waals surface area contributed by atoms with Crippen molar-refractivity contribution in [1.29, 1.82) is 0 Å². The zero-order valence-corrected chi connectivity index (χ0v) is 17.2. The van der Waals surface area contributed by atoms with Crippen molar-refractivity contribution in [3.63, 3.8) is 0 Å². The van der Waals surface area contributed by atoms with E-state index in [2.05, 4.69) is 29.2 Å². The molecular weight excluding hydrogens is 428 g/mol. The van der Waals surface area contributed by atoms with Crippen molar-refractivity contribution >= 4 is 75.5 Å². The number of benzene rings is 2. The smallest absolute Gasteiger partial charge is 0.0809 e. The van der Waals surface area contributed by atoms with Crippen molar-refractivity contribution in [2.45, 2.75) is 17.7 Å². The molecule has 7 heteroatoms. The number of hydrogen-bond donors (Lipinski definition) is 0. The van der Waals surface area contributed by atoms with Crippen LogP contribution in [0.1, 0.15) is 12.0 Å². The minimum absolute atomic E-state index is 0.197. The highest BCUT2D eigenvalue weighted by Crippen LogP contribution is 2.47. The average Bonchev–Trinajstić information content (AvgIpc) is 2.61. The first-order chi connectivity index (χ1) is 11.5. The fourth-order valence-corrected chi connectivity index (χ4v) is 5.36. The lowest BCUT2D eigenvalue weighted by Gasteiger charge is -2.31. The highest BCUT2D eigenvalue weighted by atomic mass is 35.5. The number of anilines is 1. The number of thioether (sulfide) groups is 1. The third kappa shape index (κ3) is 3.75. The summed E-state index contributed by atoms with van der Waals surface area (Å²) in [7, 11) is 0. The van der Waals surface area contributed by atoms with Crippen molar-refractivity contribution in [2.24, 2.45) is 0 Å². The summed E-state index contributed by atoms with van der Waals surface area (Å²) in [5.74, 6) is 0.821. The summed E-state index contributed by atoms with van der Waals surface area (Å²) < 4.78 is 0. The molecule has 24 heavy (non-hydrogen) atoms. The van der Waals surface area contributed by atoms with Gasteiger partial charge in [0.2, 0.25) is 0 Å². The normalized spacial score (nSPS) is 14.0. The Morgan fingerprint density at radius 3 is 2.21 bits per heavy atom. The molecule has 0 unspecified atom stereocenters. The molecule has 1 aliphatic heterocycles. The maximum absolute atomic E-state index is 6.28. The van der Waals surface area contributed by atoms with E-state index >= 15 is 0 Å². The van der Waals surface area contributed by atoms with Gasteiger partial charge in [0.1, 0.15) is 0 Å². The van der Waals surface area contributed by atoms with E-state index in [4.69, 9.17) is 58.0 Å². The van der Waals surface area contributed by atoms with E-state index in [1.54, 1.807) is 11.8 Å². The van der Waals surface area contributed by atoms with Crippen LogP contribution in [0.15, 0.2) is 29.2 Å². The van der Waals surface area contributed by atoms with Crippen molar-refractivity contribution in [3.05, 3.63) is 54.9 Å². The van der Waals surface area contributed by atoms with Gasteiger partial charge in [0.25, 0.3) is 0 Å². The average molecular weight is 442 g/mol. The van der Waals surface area contributed by atoms with E-state index in [1.165, 1.54) is 17.7 Å². The molecule has 2 aromatic carbocycles. The number of fused-ring (bicyclic) bond motifs is 1. The lowest BCUT2D eigenvalue weighted by Crippen LogP contribution is -2.31. The molecule has 2 aromatic rings. The molecule has 3 rings (SSSR count). The Labute approximate surface area is 171 Å². The Bertz CT molecular complexity index is 736. The van der Waals surface area contributed by atoms with Crippen LogP contribution in [0.2, 0.25) is 25.1 Å². The molecule has 1 nitrogen and oxygen atoms in total. The van der Waals surface area contributed by atoms with Crippen molar-refractivity contribution in [3.8, 4) is 0 Å². The van der Waals surface area contributed by atoms with E-state index in [-0.39, 0.29) is 15.1 Å². The van der Waals surface area contributed by atoms with Gasteiger partial charge in [0.15, 0.2) is 0 Å². The van der Waals surface area contributed by atoms with E-state index in [0.717, 1.165) is 25.3 Å². The molecule has 0 fully saturated rings. The fraction of sp³-hybridized carbons (Fsp3) is 0.294. The van der Waals surface area contributed by atoms with E-state index in [1.807, 2.05) is 0 Å². The first kappa shape index (κ1) is 18.8. The predicted octanol–water partition coefficient (Wildman–Crippen LogP) is 7.50. The fourth-order valence-electron chi connectivity index (χ4n) is 2.81. The molecule has 1 aliphatic rings. The molecule has 0 spiro atoms. The van der Waals surface area contributed by atoms with Crippen LogP contribution >= 0.6 is 69.8 Å². The molecule has 128 valence electrons. The predicted molar refractivity (Wildman–Crippen MR) is 109 cm³/mol. The molecule has 0 amide bonds. The summed E-state index contributed by atoms with van der Waals surface area (Å²) >= 11 is 32.4. The number of hydrogen-bond acceptors (Lipinski definition) is 2. The summed E-state index contributed by atoms with van der Waals surface area (Å²) in [6, 6.07) is 8.54. The summed E-state index contributed by atoms with van der Waals surface area (Å²) in [6.45, 7) is 1.95. The first-order valence-electron chi connectivity index (χ1n) is 7.47. The highest BCUT2D eigenvalue weighted by molar-refractivity contribution is 7.99. The third-order valence-corrected chi connectivity index (χ3v) is 7.57. The zero-order valence-electron chi connectivity index (χ0n) is 12.6. The van der Waals surface area contributed by atoms with Gasteiger partial charge in [-0.2, -0.15) is 0 Å². The molecule has 0 radical (unpaired) electrons. The number of aryl methyl sites for hydroxylation is 1. The maximum Gasteiger partial charge on any atom is 0.0809 e. The van der Waals surface area contributed by atoms with E-state index in [0.29, 0.717) is 14.9 Å². The van der Waals surface area contributed by atoms with Gasteiger partial charge in [-0.3, -0.25) is 0 Å². The number of halogens is 5. The zero-order chi connectivity index (χ0) is 17.3. The second-order valence-corrected chi connectivity index (χ2v) is 8.46. The van der Waals surface area contributed by atoms with Crippen molar-refractivity contribution in [2.75, 3.05) is 23.7 Å². The van der Waals surface area contributed by atoms with Crippen LogP contribution < -0.4 is 4.90 Å². The van der Waals surface area contributed by atoms with Gasteiger partial charge in [0, 0.05) is 29.4 Å². The molecular formula is C17H14Cl5NS. The van der Waals surface area contributed by atoms with Gasteiger partial charge in [0.05, 0.1) is 25.1 Å². The summed E-state index contributed by atoms with van der Waals surface area (Å²) in [5.41, 5.74) is 2.72. The van der Waals surface area contributed by atoms with Crippen LogP contribution in [0, 0.1) is 0 Å². The monoisotopic (exact) mass is 439 g/mol. The van der Waals surface area contributed by atoms with Gasteiger partial charge in [-0.15, -0.1) is 11.8 Å². The molecule has 0 saturated carbocycles. The number of rotatable bonds is 4. The van der Waals surface area contributed by atoms with E-state index < -0.39 is 0 Å². The third-order valence-electron chi connectivity index (χ3n) is 3.98. The van der Waals surface area contributed by atoms with Gasteiger partial charge >= 0.3 is 0 Å². The summed E-state index contributed by atoms with van der Waals surface area (Å²) in [6.07, 6.45) is 2.31. The maximum atomic E-state index is 6.28. The van der Waals surface area contributed by atoms with Gasteiger partial charge < -0.3 is 4.90 Å². The molecule has 0 bridgehead atoms. The van der Waals surface area contributed by atoms with Crippen LogP contribution in [-0.2, 0) is 6.42 Å².